The minimum atomic E-state index is 0.0246. The second-order valence-electron chi connectivity index (χ2n) is 5.40. The van der Waals surface area contributed by atoms with E-state index in [0.29, 0.717) is 6.04 Å². The largest absolute Gasteiger partial charge is 0.396 e. The lowest BCUT2D eigenvalue weighted by Gasteiger charge is -2.39. The first kappa shape index (κ1) is 14.3. The fraction of sp³-hybridized carbons (Fsp3) is 0.667. The lowest BCUT2D eigenvalue weighted by Crippen LogP contribution is -2.42. The van der Waals surface area contributed by atoms with Gasteiger partial charge in [-0.05, 0) is 51.2 Å². The SMILES string of the molecule is Cc1cc(C)c(CO)c(N(CCCO)C2CCC2)n1. The van der Waals surface area contributed by atoms with Crippen LogP contribution in [0.3, 0.4) is 0 Å². The van der Waals surface area contributed by atoms with Crippen molar-refractivity contribution in [3.63, 3.8) is 0 Å². The lowest BCUT2D eigenvalue weighted by molar-refractivity contribution is 0.275. The van der Waals surface area contributed by atoms with Crippen LogP contribution in [0.15, 0.2) is 6.07 Å². The predicted octanol–water partition coefficient (Wildman–Crippen LogP) is 1.93. The highest BCUT2D eigenvalue weighted by atomic mass is 16.3. The Balaban J connectivity index is 2.33. The molecule has 1 aromatic rings. The molecule has 2 rings (SSSR count). The Hall–Kier alpha value is -1.13. The van der Waals surface area contributed by atoms with E-state index in [9.17, 15) is 5.11 Å². The Morgan fingerprint density at radius 3 is 2.58 bits per heavy atom. The lowest BCUT2D eigenvalue weighted by atomic mass is 9.90. The smallest absolute Gasteiger partial charge is 0.134 e. The van der Waals surface area contributed by atoms with E-state index in [1.165, 1.54) is 19.3 Å². The number of pyridine rings is 1. The summed E-state index contributed by atoms with van der Waals surface area (Å²) in [6.45, 7) is 5.04. The molecule has 0 radical (unpaired) electrons. The summed E-state index contributed by atoms with van der Waals surface area (Å²) in [5, 5.41) is 18.7. The third-order valence-corrected chi connectivity index (χ3v) is 3.96. The molecule has 106 valence electrons. The van der Waals surface area contributed by atoms with E-state index in [2.05, 4.69) is 9.88 Å². The molecular formula is C15H24N2O2. The predicted molar refractivity (Wildman–Crippen MR) is 76.3 cm³/mol. The van der Waals surface area contributed by atoms with Crippen molar-refractivity contribution < 1.29 is 10.2 Å². The normalized spacial score (nSPS) is 15.4. The van der Waals surface area contributed by atoms with Gasteiger partial charge in [-0.2, -0.15) is 0 Å². The standard InChI is InChI=1S/C15H24N2O2/c1-11-9-12(2)16-15(14(11)10-19)17(7-4-8-18)13-5-3-6-13/h9,13,18-19H,3-8,10H2,1-2H3. The van der Waals surface area contributed by atoms with Gasteiger partial charge in [0.15, 0.2) is 0 Å². The number of rotatable bonds is 6. The molecule has 0 spiro atoms. The van der Waals surface area contributed by atoms with Crippen molar-refractivity contribution in [1.29, 1.82) is 0 Å². The van der Waals surface area contributed by atoms with Crippen molar-refractivity contribution in [3.05, 3.63) is 22.9 Å². The van der Waals surface area contributed by atoms with Gasteiger partial charge in [-0.25, -0.2) is 4.98 Å². The molecule has 0 atom stereocenters. The summed E-state index contributed by atoms with van der Waals surface area (Å²) in [7, 11) is 0. The van der Waals surface area contributed by atoms with Crippen LogP contribution >= 0.6 is 0 Å². The van der Waals surface area contributed by atoms with Gasteiger partial charge in [0.1, 0.15) is 5.82 Å². The van der Waals surface area contributed by atoms with Gasteiger partial charge in [-0.15, -0.1) is 0 Å². The second-order valence-corrected chi connectivity index (χ2v) is 5.40. The zero-order valence-corrected chi connectivity index (χ0v) is 11.9. The van der Waals surface area contributed by atoms with Crippen LogP contribution in [0.2, 0.25) is 0 Å². The first-order chi connectivity index (χ1) is 9.17. The Kier molecular flexibility index (Phi) is 4.77. The third kappa shape index (κ3) is 3.07. The summed E-state index contributed by atoms with van der Waals surface area (Å²) in [6.07, 6.45) is 4.38. The highest BCUT2D eigenvalue weighted by Gasteiger charge is 2.27. The van der Waals surface area contributed by atoms with Crippen LogP contribution in [-0.4, -0.2) is 34.4 Å². The summed E-state index contributed by atoms with van der Waals surface area (Å²) in [5.74, 6) is 0.915. The fourth-order valence-corrected chi connectivity index (χ4v) is 2.68. The molecule has 0 aliphatic heterocycles. The number of aliphatic hydroxyl groups is 2. The third-order valence-electron chi connectivity index (χ3n) is 3.96. The van der Waals surface area contributed by atoms with Gasteiger partial charge in [0.05, 0.1) is 6.61 Å². The number of hydrogen-bond acceptors (Lipinski definition) is 4. The van der Waals surface area contributed by atoms with E-state index >= 15 is 0 Å². The highest BCUT2D eigenvalue weighted by molar-refractivity contribution is 5.52. The number of aliphatic hydroxyl groups excluding tert-OH is 2. The van der Waals surface area contributed by atoms with E-state index < -0.39 is 0 Å². The number of hydrogen-bond donors (Lipinski definition) is 2. The van der Waals surface area contributed by atoms with Crippen molar-refractivity contribution >= 4 is 5.82 Å². The van der Waals surface area contributed by atoms with Crippen molar-refractivity contribution in [2.75, 3.05) is 18.1 Å². The number of aromatic nitrogens is 1. The molecule has 4 nitrogen and oxygen atoms in total. The molecule has 1 aliphatic carbocycles. The van der Waals surface area contributed by atoms with Gasteiger partial charge in [0.25, 0.3) is 0 Å². The zero-order valence-electron chi connectivity index (χ0n) is 11.9. The monoisotopic (exact) mass is 264 g/mol. The fourth-order valence-electron chi connectivity index (χ4n) is 2.68. The van der Waals surface area contributed by atoms with Gasteiger partial charge in [-0.3, -0.25) is 0 Å². The Morgan fingerprint density at radius 1 is 1.32 bits per heavy atom. The maximum atomic E-state index is 9.62. The molecule has 2 N–H and O–H groups in total. The topological polar surface area (TPSA) is 56.6 Å². The Labute approximate surface area is 115 Å². The van der Waals surface area contributed by atoms with Crippen molar-refractivity contribution in [1.82, 2.24) is 4.98 Å². The summed E-state index contributed by atoms with van der Waals surface area (Å²) in [6, 6.07) is 2.53. The van der Waals surface area contributed by atoms with Crippen LogP contribution in [0.5, 0.6) is 0 Å². The average Bonchev–Trinajstić information content (AvgIpc) is 2.31. The van der Waals surface area contributed by atoms with Crippen LogP contribution in [0.1, 0.15) is 42.5 Å². The molecule has 1 heterocycles. The number of aryl methyl sites for hydroxylation is 2. The van der Waals surface area contributed by atoms with E-state index in [1.54, 1.807) is 0 Å². The maximum absolute atomic E-state index is 9.62. The van der Waals surface area contributed by atoms with E-state index in [-0.39, 0.29) is 13.2 Å². The zero-order chi connectivity index (χ0) is 13.8. The quantitative estimate of drug-likeness (QED) is 0.824. The summed E-state index contributed by atoms with van der Waals surface area (Å²) in [4.78, 5) is 6.93. The van der Waals surface area contributed by atoms with E-state index in [4.69, 9.17) is 5.11 Å². The molecule has 1 aliphatic rings. The van der Waals surface area contributed by atoms with Gasteiger partial charge < -0.3 is 15.1 Å². The van der Waals surface area contributed by atoms with Crippen LogP contribution in [0, 0.1) is 13.8 Å². The molecule has 0 amide bonds. The van der Waals surface area contributed by atoms with Gasteiger partial charge in [0.2, 0.25) is 0 Å². The first-order valence-corrected chi connectivity index (χ1v) is 7.13. The summed E-state index contributed by atoms with van der Waals surface area (Å²) < 4.78 is 0. The Bertz CT molecular complexity index is 430. The van der Waals surface area contributed by atoms with E-state index in [1.807, 2.05) is 19.9 Å². The van der Waals surface area contributed by atoms with Crippen molar-refractivity contribution in [3.8, 4) is 0 Å². The van der Waals surface area contributed by atoms with Crippen LogP contribution < -0.4 is 4.90 Å². The molecule has 1 saturated carbocycles. The molecule has 0 aromatic carbocycles. The highest BCUT2D eigenvalue weighted by Crippen LogP contribution is 2.32. The number of anilines is 1. The summed E-state index contributed by atoms with van der Waals surface area (Å²) in [5.41, 5.74) is 3.01. The van der Waals surface area contributed by atoms with Crippen molar-refractivity contribution in [2.45, 2.75) is 52.2 Å². The molecule has 0 bridgehead atoms. The molecule has 1 fully saturated rings. The minimum Gasteiger partial charge on any atom is -0.396 e. The summed E-state index contributed by atoms with van der Waals surface area (Å²) >= 11 is 0. The van der Waals surface area contributed by atoms with Gasteiger partial charge in [-0.1, -0.05) is 0 Å². The molecular weight excluding hydrogens is 240 g/mol. The molecule has 0 unspecified atom stereocenters. The average molecular weight is 264 g/mol. The molecule has 19 heavy (non-hydrogen) atoms. The van der Waals surface area contributed by atoms with Crippen molar-refractivity contribution in [2.24, 2.45) is 0 Å². The molecule has 4 heteroatoms. The van der Waals surface area contributed by atoms with Gasteiger partial charge in [0, 0.05) is 30.5 Å². The first-order valence-electron chi connectivity index (χ1n) is 7.13. The van der Waals surface area contributed by atoms with Crippen LogP contribution in [0.25, 0.3) is 0 Å². The van der Waals surface area contributed by atoms with Crippen LogP contribution in [-0.2, 0) is 6.61 Å². The molecule has 1 aromatic heterocycles. The second kappa shape index (κ2) is 6.35. The molecule has 0 saturated heterocycles. The van der Waals surface area contributed by atoms with Crippen LogP contribution in [0.4, 0.5) is 5.82 Å². The number of nitrogens with zero attached hydrogens (tertiary/aromatic N) is 2. The Morgan fingerprint density at radius 2 is 2.05 bits per heavy atom. The van der Waals surface area contributed by atoms with Gasteiger partial charge >= 0.3 is 0 Å². The van der Waals surface area contributed by atoms with E-state index in [0.717, 1.165) is 35.6 Å². The minimum absolute atomic E-state index is 0.0246. The maximum Gasteiger partial charge on any atom is 0.134 e.